The molecule has 3 aromatic heterocycles. The summed E-state index contributed by atoms with van der Waals surface area (Å²) in [5.74, 6) is 0. The third-order valence-electron chi connectivity index (χ3n) is 2.94. The van der Waals surface area contributed by atoms with Crippen LogP contribution >= 0.6 is 11.6 Å². The summed E-state index contributed by atoms with van der Waals surface area (Å²) in [4.78, 5) is 8.74. The van der Waals surface area contributed by atoms with Crippen LogP contribution < -0.4 is 0 Å². The van der Waals surface area contributed by atoms with E-state index in [-0.39, 0.29) is 0 Å². The molecule has 3 aromatic rings. The van der Waals surface area contributed by atoms with Gasteiger partial charge in [-0.2, -0.15) is 5.10 Å². The number of pyridine rings is 1. The van der Waals surface area contributed by atoms with Crippen LogP contribution in [0.2, 0.25) is 5.15 Å². The van der Waals surface area contributed by atoms with Crippen molar-refractivity contribution in [3.05, 3.63) is 46.9 Å². The van der Waals surface area contributed by atoms with Crippen LogP contribution in [0.5, 0.6) is 0 Å². The lowest BCUT2D eigenvalue weighted by Gasteiger charge is -2.03. The van der Waals surface area contributed by atoms with Gasteiger partial charge >= 0.3 is 0 Å². The van der Waals surface area contributed by atoms with Crippen LogP contribution in [0.1, 0.15) is 11.3 Å². The highest BCUT2D eigenvalue weighted by molar-refractivity contribution is 6.30. The fourth-order valence-corrected chi connectivity index (χ4v) is 2.06. The smallest absolute Gasteiger partial charge is 0.157 e. The Balaban J connectivity index is 2.27. The van der Waals surface area contributed by atoms with Gasteiger partial charge in [-0.3, -0.25) is 4.98 Å². The molecule has 0 fully saturated rings. The first-order valence-corrected chi connectivity index (χ1v) is 5.98. The minimum absolute atomic E-state index is 0.597. The van der Waals surface area contributed by atoms with E-state index in [0.29, 0.717) is 5.15 Å². The van der Waals surface area contributed by atoms with Gasteiger partial charge in [0, 0.05) is 23.5 Å². The van der Waals surface area contributed by atoms with E-state index < -0.39 is 0 Å². The van der Waals surface area contributed by atoms with Gasteiger partial charge in [0.2, 0.25) is 0 Å². The van der Waals surface area contributed by atoms with E-state index in [0.717, 1.165) is 28.3 Å². The topological polar surface area (TPSA) is 43.1 Å². The molecule has 0 saturated carbocycles. The molecular formula is C13H11ClN4. The molecule has 18 heavy (non-hydrogen) atoms. The number of aromatic nitrogens is 4. The molecule has 0 N–H and O–H groups in total. The molecule has 0 aromatic carbocycles. The number of rotatable bonds is 1. The summed E-state index contributed by atoms with van der Waals surface area (Å²) in [6.07, 6.45) is 1.74. The van der Waals surface area contributed by atoms with Crippen molar-refractivity contribution >= 4 is 17.2 Å². The van der Waals surface area contributed by atoms with Crippen molar-refractivity contribution < 1.29 is 0 Å². The summed E-state index contributed by atoms with van der Waals surface area (Å²) in [6, 6.07) is 7.60. The molecule has 0 bridgehead atoms. The first-order valence-electron chi connectivity index (χ1n) is 5.60. The fraction of sp³-hybridized carbons (Fsp3) is 0.154. The average Bonchev–Trinajstić information content (AvgIpc) is 2.81. The molecule has 0 amide bonds. The summed E-state index contributed by atoms with van der Waals surface area (Å²) < 4.78 is 1.65. The van der Waals surface area contributed by atoms with Gasteiger partial charge in [-0.1, -0.05) is 17.7 Å². The Kier molecular flexibility index (Phi) is 2.52. The molecule has 0 aliphatic rings. The number of halogens is 1. The molecule has 3 rings (SSSR count). The zero-order valence-corrected chi connectivity index (χ0v) is 10.8. The zero-order valence-electron chi connectivity index (χ0n) is 10.1. The number of hydrogen-bond donors (Lipinski definition) is 0. The SMILES string of the molecule is Cc1nc2cc(-c3ccccn3)nn2c(Cl)c1C. The predicted molar refractivity (Wildman–Crippen MR) is 70.7 cm³/mol. The van der Waals surface area contributed by atoms with Crippen LogP contribution in [0.4, 0.5) is 0 Å². The van der Waals surface area contributed by atoms with Crippen molar-refractivity contribution in [3.63, 3.8) is 0 Å². The Bertz CT molecular complexity index is 719. The van der Waals surface area contributed by atoms with E-state index in [1.54, 1.807) is 10.7 Å². The van der Waals surface area contributed by atoms with Crippen molar-refractivity contribution in [1.29, 1.82) is 0 Å². The predicted octanol–water partition coefficient (Wildman–Crippen LogP) is 3.06. The van der Waals surface area contributed by atoms with Crippen LogP contribution in [0.15, 0.2) is 30.5 Å². The number of nitrogens with zero attached hydrogens (tertiary/aromatic N) is 4. The molecule has 0 saturated heterocycles. The van der Waals surface area contributed by atoms with Gasteiger partial charge in [0.1, 0.15) is 10.8 Å². The first-order chi connectivity index (χ1) is 8.66. The van der Waals surface area contributed by atoms with Gasteiger partial charge in [0.25, 0.3) is 0 Å². The van der Waals surface area contributed by atoms with Crippen molar-refractivity contribution in [3.8, 4) is 11.4 Å². The van der Waals surface area contributed by atoms with Crippen molar-refractivity contribution in [2.45, 2.75) is 13.8 Å². The maximum Gasteiger partial charge on any atom is 0.157 e. The normalized spacial score (nSPS) is 11.1. The summed E-state index contributed by atoms with van der Waals surface area (Å²) in [6.45, 7) is 3.88. The molecule has 0 atom stereocenters. The Hall–Kier alpha value is -1.94. The Morgan fingerprint density at radius 2 is 2.00 bits per heavy atom. The summed E-state index contributed by atoms with van der Waals surface area (Å²) in [5.41, 5.74) is 4.19. The van der Waals surface area contributed by atoms with Crippen LogP contribution in [-0.2, 0) is 0 Å². The quantitative estimate of drug-likeness (QED) is 0.630. The van der Waals surface area contributed by atoms with E-state index in [9.17, 15) is 0 Å². The van der Waals surface area contributed by atoms with Crippen LogP contribution in [0.3, 0.4) is 0 Å². The molecule has 0 aliphatic carbocycles. The van der Waals surface area contributed by atoms with Gasteiger partial charge < -0.3 is 0 Å². The Morgan fingerprint density at radius 1 is 1.17 bits per heavy atom. The molecule has 3 heterocycles. The minimum atomic E-state index is 0.597. The lowest BCUT2D eigenvalue weighted by atomic mass is 10.2. The Morgan fingerprint density at radius 3 is 2.72 bits per heavy atom. The van der Waals surface area contributed by atoms with E-state index in [1.807, 2.05) is 38.1 Å². The standard InChI is InChI=1S/C13H11ClN4/c1-8-9(2)16-12-7-11(17-18(12)13(8)14)10-5-3-4-6-15-10/h3-7H,1-2H3. The van der Waals surface area contributed by atoms with E-state index in [2.05, 4.69) is 15.1 Å². The highest BCUT2D eigenvalue weighted by Crippen LogP contribution is 2.22. The maximum atomic E-state index is 6.27. The number of fused-ring (bicyclic) bond motifs is 1. The highest BCUT2D eigenvalue weighted by atomic mass is 35.5. The van der Waals surface area contributed by atoms with Crippen molar-refractivity contribution in [2.24, 2.45) is 0 Å². The largest absolute Gasteiger partial charge is 0.255 e. The highest BCUT2D eigenvalue weighted by Gasteiger charge is 2.11. The third-order valence-corrected chi connectivity index (χ3v) is 3.38. The van der Waals surface area contributed by atoms with Gasteiger partial charge in [0.15, 0.2) is 5.65 Å². The number of hydrogen-bond acceptors (Lipinski definition) is 3. The van der Waals surface area contributed by atoms with E-state index in [1.165, 1.54) is 0 Å². The molecule has 0 spiro atoms. The zero-order chi connectivity index (χ0) is 12.7. The second kappa shape index (κ2) is 4.07. The molecule has 0 unspecified atom stereocenters. The summed E-state index contributed by atoms with van der Waals surface area (Å²) in [5, 5.41) is 5.04. The lowest BCUT2D eigenvalue weighted by molar-refractivity contribution is 0.917. The van der Waals surface area contributed by atoms with Crippen molar-refractivity contribution in [2.75, 3.05) is 0 Å². The molecule has 0 aliphatic heterocycles. The molecule has 5 heteroatoms. The van der Waals surface area contributed by atoms with Gasteiger partial charge in [-0.25, -0.2) is 9.50 Å². The average molecular weight is 259 g/mol. The molecule has 90 valence electrons. The fourth-order valence-electron chi connectivity index (χ4n) is 1.80. The summed E-state index contributed by atoms with van der Waals surface area (Å²) in [7, 11) is 0. The lowest BCUT2D eigenvalue weighted by Crippen LogP contribution is -1.98. The van der Waals surface area contributed by atoms with Crippen LogP contribution in [0.25, 0.3) is 17.0 Å². The first kappa shape index (κ1) is 11.2. The molecular weight excluding hydrogens is 248 g/mol. The van der Waals surface area contributed by atoms with E-state index in [4.69, 9.17) is 11.6 Å². The molecule has 0 radical (unpaired) electrons. The van der Waals surface area contributed by atoms with E-state index >= 15 is 0 Å². The minimum Gasteiger partial charge on any atom is -0.255 e. The molecule has 4 nitrogen and oxygen atoms in total. The van der Waals surface area contributed by atoms with Crippen molar-refractivity contribution in [1.82, 2.24) is 19.6 Å². The Labute approximate surface area is 109 Å². The second-order valence-electron chi connectivity index (χ2n) is 4.13. The van der Waals surface area contributed by atoms with Gasteiger partial charge in [0.05, 0.1) is 5.69 Å². The third kappa shape index (κ3) is 1.66. The maximum absolute atomic E-state index is 6.27. The van der Waals surface area contributed by atoms with Gasteiger partial charge in [-0.15, -0.1) is 0 Å². The summed E-state index contributed by atoms with van der Waals surface area (Å²) >= 11 is 6.27. The number of aryl methyl sites for hydroxylation is 1. The van der Waals surface area contributed by atoms with Crippen LogP contribution in [0, 0.1) is 13.8 Å². The van der Waals surface area contributed by atoms with Crippen LogP contribution in [-0.4, -0.2) is 19.6 Å². The second-order valence-corrected chi connectivity index (χ2v) is 4.49. The van der Waals surface area contributed by atoms with Gasteiger partial charge in [-0.05, 0) is 26.0 Å². The monoisotopic (exact) mass is 258 g/mol.